The maximum Gasteiger partial charge on any atom is 0.309 e. The third-order valence-corrected chi connectivity index (χ3v) is 5.17. The largest absolute Gasteiger partial charge is 0.466 e. The van der Waals surface area contributed by atoms with Crippen molar-refractivity contribution in [2.45, 2.75) is 39.0 Å². The van der Waals surface area contributed by atoms with Gasteiger partial charge in [0, 0.05) is 12.4 Å². The number of nitrogens with one attached hydrogen (secondary N) is 1. The molecule has 7 heteroatoms. The number of aromatic nitrogens is 3. The van der Waals surface area contributed by atoms with Crippen LogP contribution < -0.4 is 0 Å². The second kappa shape index (κ2) is 7.47. The van der Waals surface area contributed by atoms with Gasteiger partial charge >= 0.3 is 5.97 Å². The third-order valence-electron chi connectivity index (χ3n) is 4.99. The number of rotatable bonds is 2. The van der Waals surface area contributed by atoms with E-state index in [4.69, 9.17) is 16.3 Å². The van der Waals surface area contributed by atoms with Gasteiger partial charge in [0.1, 0.15) is 5.65 Å². The molecule has 1 N–H and O–H groups in total. The molecule has 2 bridgehead atoms. The summed E-state index contributed by atoms with van der Waals surface area (Å²) in [5, 5.41) is 0.466. The zero-order chi connectivity index (χ0) is 17.1. The van der Waals surface area contributed by atoms with Crippen LogP contribution in [0.3, 0.4) is 0 Å². The number of halogens is 2. The number of H-pyrrole nitrogens is 1. The fraction of sp³-hybridized carbons (Fsp3) is 0.588. The second-order valence-corrected chi connectivity index (χ2v) is 6.75. The van der Waals surface area contributed by atoms with Crippen LogP contribution in [0, 0.1) is 23.6 Å². The average molecular weight is 354 g/mol. The fourth-order valence-electron chi connectivity index (χ4n) is 3.77. The van der Waals surface area contributed by atoms with E-state index in [1.165, 1.54) is 38.1 Å². The molecule has 24 heavy (non-hydrogen) atoms. The number of ether oxygens (including phenoxy) is 1. The van der Waals surface area contributed by atoms with Gasteiger partial charge in [-0.25, -0.2) is 9.37 Å². The molecule has 0 radical (unpaired) electrons. The molecule has 0 spiro atoms. The molecule has 3 saturated carbocycles. The van der Waals surface area contributed by atoms with Crippen LogP contribution >= 0.6 is 11.6 Å². The smallest absolute Gasteiger partial charge is 0.309 e. The van der Waals surface area contributed by atoms with Gasteiger partial charge in [-0.15, -0.1) is 0 Å². The molecular formula is C17H21ClFN3O2. The Bertz CT molecular complexity index is 713. The Morgan fingerprint density at radius 3 is 2.79 bits per heavy atom. The number of aromatic amines is 1. The molecule has 3 fully saturated rings. The van der Waals surface area contributed by atoms with E-state index in [2.05, 4.69) is 15.0 Å². The Kier molecular flexibility index (Phi) is 5.33. The van der Waals surface area contributed by atoms with Crippen molar-refractivity contribution < 1.29 is 13.9 Å². The maximum atomic E-state index is 12.7. The number of carbonyl (C=O) groups excluding carboxylic acids is 1. The first-order valence-corrected chi connectivity index (χ1v) is 8.78. The average Bonchev–Trinajstić information content (AvgIpc) is 2.97. The summed E-state index contributed by atoms with van der Waals surface area (Å²) in [6, 6.07) is 0. The normalized spacial score (nSPS) is 25.2. The predicted octanol–water partition coefficient (Wildman–Crippen LogP) is 4.13. The van der Waals surface area contributed by atoms with Crippen molar-refractivity contribution in [3.05, 3.63) is 23.5 Å². The number of hydrogen-bond acceptors (Lipinski definition) is 4. The highest BCUT2D eigenvalue weighted by atomic mass is 35.5. The number of hydrogen-bond donors (Lipinski definition) is 1. The van der Waals surface area contributed by atoms with Crippen LogP contribution in [0.2, 0.25) is 5.28 Å². The SMILES string of the molecule is CCOC(=O)C1CC2CCC1CC2.Fc1c[nH]c2nc(Cl)ncc12. The van der Waals surface area contributed by atoms with Gasteiger partial charge < -0.3 is 9.72 Å². The molecule has 1 unspecified atom stereocenters. The summed E-state index contributed by atoms with van der Waals surface area (Å²) >= 11 is 5.46. The molecule has 2 aromatic heterocycles. The van der Waals surface area contributed by atoms with E-state index >= 15 is 0 Å². The first kappa shape index (κ1) is 17.1. The molecule has 3 aliphatic rings. The summed E-state index contributed by atoms with van der Waals surface area (Å²) in [7, 11) is 0. The minimum atomic E-state index is -0.364. The topological polar surface area (TPSA) is 67.9 Å². The molecule has 2 heterocycles. The van der Waals surface area contributed by atoms with E-state index in [9.17, 15) is 9.18 Å². The third kappa shape index (κ3) is 3.69. The van der Waals surface area contributed by atoms with Gasteiger partial charge in [0.15, 0.2) is 5.82 Å². The molecular weight excluding hydrogens is 333 g/mol. The quantitative estimate of drug-likeness (QED) is 0.651. The first-order chi connectivity index (χ1) is 11.6. The van der Waals surface area contributed by atoms with Crippen molar-refractivity contribution in [2.75, 3.05) is 6.61 Å². The summed E-state index contributed by atoms with van der Waals surface area (Å²) in [5.74, 6) is 1.41. The molecule has 130 valence electrons. The zero-order valence-electron chi connectivity index (χ0n) is 13.6. The van der Waals surface area contributed by atoms with Gasteiger partial charge in [0.05, 0.1) is 17.9 Å². The van der Waals surface area contributed by atoms with Crippen LogP contribution in [0.1, 0.15) is 39.0 Å². The molecule has 0 aromatic carbocycles. The zero-order valence-corrected chi connectivity index (χ0v) is 14.4. The van der Waals surface area contributed by atoms with Crippen molar-refractivity contribution >= 4 is 28.6 Å². The maximum absolute atomic E-state index is 12.7. The highest BCUT2D eigenvalue weighted by molar-refractivity contribution is 6.28. The number of esters is 1. The van der Waals surface area contributed by atoms with E-state index in [1.54, 1.807) is 0 Å². The van der Waals surface area contributed by atoms with Gasteiger partial charge in [0.25, 0.3) is 0 Å². The van der Waals surface area contributed by atoms with Crippen LogP contribution in [0.5, 0.6) is 0 Å². The molecule has 0 saturated heterocycles. The lowest BCUT2D eigenvalue weighted by Crippen LogP contribution is -2.36. The van der Waals surface area contributed by atoms with Crippen molar-refractivity contribution in [1.29, 1.82) is 0 Å². The van der Waals surface area contributed by atoms with Gasteiger partial charge in [-0.1, -0.05) is 12.8 Å². The number of fused-ring (bicyclic) bond motifs is 4. The molecule has 5 nitrogen and oxygen atoms in total. The highest BCUT2D eigenvalue weighted by Crippen LogP contribution is 2.45. The minimum Gasteiger partial charge on any atom is -0.466 e. The van der Waals surface area contributed by atoms with Gasteiger partial charge in [-0.05, 0) is 49.6 Å². The van der Waals surface area contributed by atoms with Crippen LogP contribution in [0.4, 0.5) is 4.39 Å². The molecule has 2 aromatic rings. The Balaban J connectivity index is 0.000000143. The van der Waals surface area contributed by atoms with Crippen molar-refractivity contribution in [2.24, 2.45) is 17.8 Å². The summed E-state index contributed by atoms with van der Waals surface area (Å²) in [6.45, 7) is 2.42. The van der Waals surface area contributed by atoms with Gasteiger partial charge in [0.2, 0.25) is 5.28 Å². The molecule has 5 rings (SSSR count). The monoisotopic (exact) mass is 353 g/mol. The lowest BCUT2D eigenvalue weighted by atomic mass is 9.65. The van der Waals surface area contributed by atoms with Crippen LogP contribution in [0.25, 0.3) is 11.0 Å². The van der Waals surface area contributed by atoms with Crippen LogP contribution in [-0.4, -0.2) is 27.5 Å². The Morgan fingerprint density at radius 2 is 2.17 bits per heavy atom. The van der Waals surface area contributed by atoms with Gasteiger partial charge in [-0.2, -0.15) is 4.98 Å². The summed E-state index contributed by atoms with van der Waals surface area (Å²) in [4.78, 5) is 21.6. The molecule has 0 amide bonds. The fourth-order valence-corrected chi connectivity index (χ4v) is 3.90. The van der Waals surface area contributed by atoms with Crippen molar-refractivity contribution in [3.63, 3.8) is 0 Å². The van der Waals surface area contributed by atoms with Crippen LogP contribution in [-0.2, 0) is 9.53 Å². The van der Waals surface area contributed by atoms with Crippen LogP contribution in [0.15, 0.2) is 12.4 Å². The highest BCUT2D eigenvalue weighted by Gasteiger charge is 2.39. The summed E-state index contributed by atoms with van der Waals surface area (Å²) in [6.07, 6.45) is 8.87. The second-order valence-electron chi connectivity index (χ2n) is 6.41. The molecule has 1 atom stereocenters. The minimum absolute atomic E-state index is 0.0666. The number of nitrogens with zero attached hydrogens (tertiary/aromatic N) is 2. The summed E-state index contributed by atoms with van der Waals surface area (Å²) < 4.78 is 17.8. The van der Waals surface area contributed by atoms with E-state index in [0.717, 1.165) is 12.3 Å². The van der Waals surface area contributed by atoms with E-state index in [1.807, 2.05) is 6.92 Å². The standard InChI is InChI=1S/C11H18O2.C6H3ClFN3/c1-2-13-11(12)10-7-8-3-5-9(10)6-4-8;7-6-10-1-3-4(8)2-9-5(3)11-6/h8-10H,2-7H2,1H3;1-2H,(H,9,10,11). The molecule has 0 aliphatic heterocycles. The predicted molar refractivity (Wildman–Crippen MR) is 89.0 cm³/mol. The Morgan fingerprint density at radius 1 is 1.42 bits per heavy atom. The lowest BCUT2D eigenvalue weighted by Gasteiger charge is -2.40. The van der Waals surface area contributed by atoms with E-state index in [0.29, 0.717) is 23.6 Å². The van der Waals surface area contributed by atoms with Crippen molar-refractivity contribution in [3.8, 4) is 0 Å². The Hall–Kier alpha value is -1.69. The summed E-state index contributed by atoms with van der Waals surface area (Å²) in [5.41, 5.74) is 0.419. The lowest BCUT2D eigenvalue weighted by molar-refractivity contribution is -0.153. The van der Waals surface area contributed by atoms with Gasteiger partial charge in [-0.3, -0.25) is 4.79 Å². The first-order valence-electron chi connectivity index (χ1n) is 8.40. The Labute approximate surface area is 145 Å². The number of carbonyl (C=O) groups is 1. The van der Waals surface area contributed by atoms with E-state index < -0.39 is 0 Å². The molecule has 3 aliphatic carbocycles. The van der Waals surface area contributed by atoms with E-state index in [-0.39, 0.29) is 23.0 Å². The van der Waals surface area contributed by atoms with Crippen molar-refractivity contribution in [1.82, 2.24) is 15.0 Å².